The lowest BCUT2D eigenvalue weighted by Gasteiger charge is -2.03. The van der Waals surface area contributed by atoms with Gasteiger partial charge < -0.3 is 9.84 Å². The summed E-state index contributed by atoms with van der Waals surface area (Å²) < 4.78 is 5.02. The highest BCUT2D eigenvalue weighted by Gasteiger charge is 2.03. The van der Waals surface area contributed by atoms with Crippen molar-refractivity contribution in [2.45, 2.75) is 12.8 Å². The first kappa shape index (κ1) is 11.3. The van der Waals surface area contributed by atoms with Gasteiger partial charge in [0.2, 0.25) is 0 Å². The van der Waals surface area contributed by atoms with Gasteiger partial charge in [-0.2, -0.15) is 0 Å². The van der Waals surface area contributed by atoms with Crippen molar-refractivity contribution in [3.05, 3.63) is 42.0 Å². The van der Waals surface area contributed by atoms with E-state index < -0.39 is 5.97 Å². The zero-order chi connectivity index (χ0) is 11.3. The minimum Gasteiger partial charge on any atom is -0.497 e. The lowest BCUT2D eigenvalue weighted by Crippen LogP contribution is -2.00. The molecular weight excluding hydrogens is 192 g/mol. The van der Waals surface area contributed by atoms with Crippen LogP contribution in [0.2, 0.25) is 0 Å². The summed E-state index contributed by atoms with van der Waals surface area (Å²) in [5.41, 5.74) is 1.32. The van der Waals surface area contributed by atoms with Gasteiger partial charge in [0, 0.05) is 5.57 Å². The molecule has 3 heteroatoms. The smallest absolute Gasteiger partial charge is 0.330 e. The SMILES string of the molecule is C=C(CCc1ccc(OC)cc1)C(=O)O. The zero-order valence-corrected chi connectivity index (χ0v) is 8.69. The van der Waals surface area contributed by atoms with E-state index in [1.165, 1.54) is 0 Å². The van der Waals surface area contributed by atoms with Crippen molar-refractivity contribution >= 4 is 5.97 Å². The standard InChI is InChI=1S/C12H14O3/c1-9(12(13)14)3-4-10-5-7-11(15-2)8-6-10/h5-8H,1,3-4H2,2H3,(H,13,14). The summed E-state index contributed by atoms with van der Waals surface area (Å²) in [4.78, 5) is 10.5. The Morgan fingerprint density at radius 3 is 2.47 bits per heavy atom. The Kier molecular flexibility index (Phi) is 3.92. The Hall–Kier alpha value is -1.77. The molecule has 0 aliphatic rings. The largest absolute Gasteiger partial charge is 0.497 e. The predicted molar refractivity (Wildman–Crippen MR) is 58.1 cm³/mol. The molecule has 0 unspecified atom stereocenters. The highest BCUT2D eigenvalue weighted by molar-refractivity contribution is 5.85. The maximum Gasteiger partial charge on any atom is 0.330 e. The Balaban J connectivity index is 2.51. The maximum absolute atomic E-state index is 10.5. The van der Waals surface area contributed by atoms with E-state index in [9.17, 15) is 4.79 Å². The molecule has 0 aliphatic carbocycles. The van der Waals surface area contributed by atoms with Crippen LogP contribution in [-0.2, 0) is 11.2 Å². The Bertz CT molecular complexity index is 352. The molecule has 0 atom stereocenters. The number of aliphatic carboxylic acids is 1. The molecule has 0 saturated heterocycles. The van der Waals surface area contributed by atoms with Crippen molar-refractivity contribution in [3.8, 4) is 5.75 Å². The number of carboxylic acid groups (broad SMARTS) is 1. The molecule has 1 rings (SSSR count). The van der Waals surface area contributed by atoms with Crippen LogP contribution in [-0.4, -0.2) is 18.2 Å². The monoisotopic (exact) mass is 206 g/mol. The van der Waals surface area contributed by atoms with E-state index in [4.69, 9.17) is 9.84 Å². The average molecular weight is 206 g/mol. The lowest BCUT2D eigenvalue weighted by atomic mass is 10.1. The first-order valence-corrected chi connectivity index (χ1v) is 4.67. The van der Waals surface area contributed by atoms with Crippen LogP contribution in [0.3, 0.4) is 0 Å². The quantitative estimate of drug-likeness (QED) is 0.752. The fourth-order valence-electron chi connectivity index (χ4n) is 1.19. The van der Waals surface area contributed by atoms with Gasteiger partial charge in [-0.1, -0.05) is 18.7 Å². The normalized spacial score (nSPS) is 9.67. The van der Waals surface area contributed by atoms with Crippen LogP contribution in [0.5, 0.6) is 5.75 Å². The molecule has 0 heterocycles. The van der Waals surface area contributed by atoms with E-state index in [-0.39, 0.29) is 5.57 Å². The molecule has 1 aromatic rings. The zero-order valence-electron chi connectivity index (χ0n) is 8.69. The van der Waals surface area contributed by atoms with E-state index in [2.05, 4.69) is 6.58 Å². The van der Waals surface area contributed by atoms with Gasteiger partial charge in [-0.05, 0) is 30.5 Å². The van der Waals surface area contributed by atoms with Gasteiger partial charge in [0.1, 0.15) is 5.75 Å². The summed E-state index contributed by atoms with van der Waals surface area (Å²) in [6, 6.07) is 7.57. The number of ether oxygens (including phenoxy) is 1. The predicted octanol–water partition coefficient (Wildman–Crippen LogP) is 2.27. The first-order valence-electron chi connectivity index (χ1n) is 4.67. The third kappa shape index (κ3) is 3.46. The van der Waals surface area contributed by atoms with Crippen LogP contribution < -0.4 is 4.74 Å². The minimum atomic E-state index is -0.927. The fourth-order valence-corrected chi connectivity index (χ4v) is 1.19. The van der Waals surface area contributed by atoms with Crippen molar-refractivity contribution in [3.63, 3.8) is 0 Å². The summed E-state index contributed by atoms with van der Waals surface area (Å²) in [5.74, 6) is -0.126. The molecule has 0 radical (unpaired) electrons. The maximum atomic E-state index is 10.5. The molecule has 1 N–H and O–H groups in total. The third-order valence-corrected chi connectivity index (χ3v) is 2.18. The lowest BCUT2D eigenvalue weighted by molar-refractivity contribution is -0.132. The number of aryl methyl sites for hydroxylation is 1. The average Bonchev–Trinajstić information content (AvgIpc) is 2.26. The second-order valence-electron chi connectivity index (χ2n) is 3.26. The first-order chi connectivity index (χ1) is 7.13. The van der Waals surface area contributed by atoms with Crippen molar-refractivity contribution in [2.24, 2.45) is 0 Å². The third-order valence-electron chi connectivity index (χ3n) is 2.18. The van der Waals surface area contributed by atoms with Crippen LogP contribution in [0, 0.1) is 0 Å². The highest BCUT2D eigenvalue weighted by Crippen LogP contribution is 2.14. The summed E-state index contributed by atoms with van der Waals surface area (Å²) in [5, 5.41) is 8.62. The Morgan fingerprint density at radius 1 is 1.40 bits per heavy atom. The van der Waals surface area contributed by atoms with Gasteiger partial charge in [-0.3, -0.25) is 0 Å². The topological polar surface area (TPSA) is 46.5 Å². The fraction of sp³-hybridized carbons (Fsp3) is 0.250. The number of rotatable bonds is 5. The van der Waals surface area contributed by atoms with E-state index in [1.807, 2.05) is 24.3 Å². The highest BCUT2D eigenvalue weighted by atomic mass is 16.5. The van der Waals surface area contributed by atoms with Gasteiger partial charge in [-0.25, -0.2) is 4.79 Å². The second kappa shape index (κ2) is 5.20. The summed E-state index contributed by atoms with van der Waals surface area (Å²) in [6.07, 6.45) is 1.16. The van der Waals surface area contributed by atoms with Crippen LogP contribution in [0.1, 0.15) is 12.0 Å². The molecule has 1 aromatic carbocycles. The summed E-state index contributed by atoms with van der Waals surface area (Å²) in [7, 11) is 1.61. The van der Waals surface area contributed by atoms with E-state index >= 15 is 0 Å². The molecule has 80 valence electrons. The number of hydrogen-bond donors (Lipinski definition) is 1. The molecule has 0 fully saturated rings. The van der Waals surface area contributed by atoms with Gasteiger partial charge in [0.05, 0.1) is 7.11 Å². The van der Waals surface area contributed by atoms with Crippen LogP contribution >= 0.6 is 0 Å². The van der Waals surface area contributed by atoms with Gasteiger partial charge >= 0.3 is 5.97 Å². The van der Waals surface area contributed by atoms with Crippen LogP contribution in [0.25, 0.3) is 0 Å². The van der Waals surface area contributed by atoms with E-state index in [0.717, 1.165) is 11.3 Å². The van der Waals surface area contributed by atoms with Crippen LogP contribution in [0.4, 0.5) is 0 Å². The van der Waals surface area contributed by atoms with E-state index in [1.54, 1.807) is 7.11 Å². The molecule has 3 nitrogen and oxygen atoms in total. The molecule has 0 aromatic heterocycles. The number of benzene rings is 1. The van der Waals surface area contributed by atoms with Crippen LogP contribution in [0.15, 0.2) is 36.4 Å². The summed E-state index contributed by atoms with van der Waals surface area (Å²) in [6.45, 7) is 3.48. The molecule has 0 spiro atoms. The van der Waals surface area contributed by atoms with Gasteiger partial charge in [-0.15, -0.1) is 0 Å². The van der Waals surface area contributed by atoms with Gasteiger partial charge in [0.15, 0.2) is 0 Å². The molecular formula is C12H14O3. The molecule has 0 amide bonds. The number of carboxylic acids is 1. The number of methoxy groups -OCH3 is 1. The molecule has 0 bridgehead atoms. The van der Waals surface area contributed by atoms with E-state index in [0.29, 0.717) is 12.8 Å². The molecule has 0 aliphatic heterocycles. The molecule has 15 heavy (non-hydrogen) atoms. The number of carbonyl (C=O) groups is 1. The van der Waals surface area contributed by atoms with Gasteiger partial charge in [0.25, 0.3) is 0 Å². The minimum absolute atomic E-state index is 0.241. The van der Waals surface area contributed by atoms with Crippen molar-refractivity contribution in [2.75, 3.05) is 7.11 Å². The van der Waals surface area contributed by atoms with Crippen molar-refractivity contribution < 1.29 is 14.6 Å². The Labute approximate surface area is 89.0 Å². The summed E-state index contributed by atoms with van der Waals surface area (Å²) >= 11 is 0. The second-order valence-corrected chi connectivity index (χ2v) is 3.26. The Morgan fingerprint density at radius 2 is 2.00 bits per heavy atom. The number of hydrogen-bond acceptors (Lipinski definition) is 2. The molecule has 0 saturated carbocycles. The van der Waals surface area contributed by atoms with Crippen molar-refractivity contribution in [1.82, 2.24) is 0 Å². The van der Waals surface area contributed by atoms with Crippen molar-refractivity contribution in [1.29, 1.82) is 0 Å².